The minimum atomic E-state index is -0.155. The lowest BCUT2D eigenvalue weighted by molar-refractivity contribution is 0.0913. The third kappa shape index (κ3) is 4.61. The molecule has 164 valence electrons. The Morgan fingerprint density at radius 1 is 1.23 bits per heavy atom. The lowest BCUT2D eigenvalue weighted by Gasteiger charge is -2.33. The van der Waals surface area contributed by atoms with Crippen LogP contribution in [-0.2, 0) is 6.42 Å². The Kier molecular flexibility index (Phi) is 6.61. The van der Waals surface area contributed by atoms with Crippen LogP contribution in [0.2, 0.25) is 0 Å². The molecule has 0 saturated carbocycles. The van der Waals surface area contributed by atoms with Crippen LogP contribution < -0.4 is 10.1 Å². The number of nitrogens with zero attached hydrogens (tertiary/aromatic N) is 5. The first kappa shape index (κ1) is 21.0. The van der Waals surface area contributed by atoms with E-state index in [2.05, 4.69) is 25.5 Å². The Morgan fingerprint density at radius 3 is 2.71 bits per heavy atom. The third-order valence-electron chi connectivity index (χ3n) is 5.66. The highest BCUT2D eigenvalue weighted by molar-refractivity contribution is 5.95. The van der Waals surface area contributed by atoms with Gasteiger partial charge in [-0.05, 0) is 50.6 Å². The van der Waals surface area contributed by atoms with Gasteiger partial charge >= 0.3 is 0 Å². The molecule has 31 heavy (non-hydrogen) atoms. The maximum absolute atomic E-state index is 13.1. The van der Waals surface area contributed by atoms with Gasteiger partial charge in [-0.3, -0.25) is 9.69 Å². The smallest absolute Gasteiger partial charge is 0.254 e. The Labute approximate surface area is 181 Å². The summed E-state index contributed by atoms with van der Waals surface area (Å²) in [4.78, 5) is 15.4. The fourth-order valence-electron chi connectivity index (χ4n) is 4.04. The molecule has 1 amide bonds. The van der Waals surface area contributed by atoms with Crippen molar-refractivity contribution >= 4 is 5.91 Å². The largest absolute Gasteiger partial charge is 0.480 e. The van der Waals surface area contributed by atoms with Gasteiger partial charge in [-0.25, -0.2) is 4.68 Å². The van der Waals surface area contributed by atoms with Crippen molar-refractivity contribution in [3.63, 3.8) is 0 Å². The van der Waals surface area contributed by atoms with E-state index in [1.807, 2.05) is 19.1 Å². The quantitative estimate of drug-likeness (QED) is 0.594. The number of carbonyl (C=O) groups is 1. The molecule has 3 aromatic heterocycles. The van der Waals surface area contributed by atoms with Gasteiger partial charge in [0.05, 0.1) is 36.9 Å². The number of ether oxygens (including phenoxy) is 1. The summed E-state index contributed by atoms with van der Waals surface area (Å²) >= 11 is 0. The molecule has 1 atom stereocenters. The SMILES string of the molecule is CCc1c(C(=O)NC[C@H](c2ccco2)N2CCCCC2)cnn1-c1ccc(OC)nn1. The van der Waals surface area contributed by atoms with Crippen LogP contribution in [-0.4, -0.2) is 57.5 Å². The first-order chi connectivity index (χ1) is 15.2. The summed E-state index contributed by atoms with van der Waals surface area (Å²) < 4.78 is 12.4. The fourth-order valence-corrected chi connectivity index (χ4v) is 4.04. The second kappa shape index (κ2) is 9.74. The molecule has 1 fully saturated rings. The topological polar surface area (TPSA) is 98.3 Å². The van der Waals surface area contributed by atoms with Crippen LogP contribution in [0.3, 0.4) is 0 Å². The van der Waals surface area contributed by atoms with Crippen molar-refractivity contribution in [1.82, 2.24) is 30.2 Å². The molecule has 0 unspecified atom stereocenters. The number of nitrogens with one attached hydrogen (secondary N) is 1. The number of aromatic nitrogens is 4. The highest BCUT2D eigenvalue weighted by Crippen LogP contribution is 2.25. The van der Waals surface area contributed by atoms with E-state index in [-0.39, 0.29) is 11.9 Å². The molecule has 1 aliphatic rings. The summed E-state index contributed by atoms with van der Waals surface area (Å²) in [5.41, 5.74) is 1.32. The molecule has 0 radical (unpaired) electrons. The van der Waals surface area contributed by atoms with Gasteiger partial charge in [0.25, 0.3) is 5.91 Å². The normalized spacial score (nSPS) is 15.5. The number of carbonyl (C=O) groups excluding carboxylic acids is 1. The average Bonchev–Trinajstić information content (AvgIpc) is 3.50. The predicted octanol–water partition coefficient (Wildman–Crippen LogP) is 2.78. The summed E-state index contributed by atoms with van der Waals surface area (Å²) in [6, 6.07) is 7.37. The second-order valence-electron chi connectivity index (χ2n) is 7.54. The zero-order chi connectivity index (χ0) is 21.6. The average molecular weight is 425 g/mol. The van der Waals surface area contributed by atoms with E-state index in [4.69, 9.17) is 9.15 Å². The second-order valence-corrected chi connectivity index (χ2v) is 7.54. The van der Waals surface area contributed by atoms with Crippen molar-refractivity contribution in [1.29, 1.82) is 0 Å². The molecule has 9 nitrogen and oxygen atoms in total. The van der Waals surface area contributed by atoms with Gasteiger partial charge in [0.15, 0.2) is 5.82 Å². The summed E-state index contributed by atoms with van der Waals surface area (Å²) in [6.45, 7) is 4.48. The molecule has 4 rings (SSSR count). The maximum Gasteiger partial charge on any atom is 0.254 e. The van der Waals surface area contributed by atoms with Crippen LogP contribution in [0.25, 0.3) is 5.82 Å². The Morgan fingerprint density at radius 2 is 2.06 bits per heavy atom. The molecule has 1 N–H and O–H groups in total. The number of methoxy groups -OCH3 is 1. The number of hydrogen-bond acceptors (Lipinski definition) is 7. The highest BCUT2D eigenvalue weighted by Gasteiger charge is 2.26. The van der Waals surface area contributed by atoms with Crippen molar-refractivity contribution in [2.24, 2.45) is 0 Å². The maximum atomic E-state index is 13.1. The standard InChI is InChI=1S/C22H28N6O3/c1-3-17-16(14-24-28(17)20-9-10-21(30-2)26-25-20)22(29)23-15-18(19-8-7-13-31-19)27-11-5-4-6-12-27/h7-10,13-14,18H,3-6,11-12,15H2,1-2H3,(H,23,29)/t18-/m1/s1. The molecular weight excluding hydrogens is 396 g/mol. The monoisotopic (exact) mass is 424 g/mol. The molecule has 9 heteroatoms. The number of piperidine rings is 1. The molecule has 3 aromatic rings. The van der Waals surface area contributed by atoms with E-state index in [0.29, 0.717) is 30.2 Å². The zero-order valence-corrected chi connectivity index (χ0v) is 18.0. The first-order valence-corrected chi connectivity index (χ1v) is 10.7. The van der Waals surface area contributed by atoms with Gasteiger partial charge in [-0.15, -0.1) is 10.2 Å². The molecule has 0 bridgehead atoms. The van der Waals surface area contributed by atoms with Crippen molar-refractivity contribution in [3.05, 3.63) is 53.7 Å². The minimum absolute atomic E-state index is 0.0202. The van der Waals surface area contributed by atoms with E-state index in [1.165, 1.54) is 26.4 Å². The Hall–Kier alpha value is -3.20. The molecule has 1 saturated heterocycles. The van der Waals surface area contributed by atoms with Crippen LogP contribution in [0.1, 0.15) is 54.0 Å². The van der Waals surface area contributed by atoms with Gasteiger partial charge in [0.1, 0.15) is 5.76 Å². The van der Waals surface area contributed by atoms with Gasteiger partial charge in [0, 0.05) is 12.6 Å². The molecule has 0 aliphatic carbocycles. The lowest BCUT2D eigenvalue weighted by atomic mass is 10.1. The third-order valence-corrected chi connectivity index (χ3v) is 5.66. The van der Waals surface area contributed by atoms with Crippen molar-refractivity contribution in [2.75, 3.05) is 26.7 Å². The lowest BCUT2D eigenvalue weighted by Crippen LogP contribution is -2.40. The summed E-state index contributed by atoms with van der Waals surface area (Å²) in [5, 5.41) is 15.6. The summed E-state index contributed by atoms with van der Waals surface area (Å²) in [6.07, 6.45) is 7.49. The molecule has 1 aliphatic heterocycles. The number of hydrogen-bond donors (Lipinski definition) is 1. The summed E-state index contributed by atoms with van der Waals surface area (Å²) in [5.74, 6) is 1.69. The minimum Gasteiger partial charge on any atom is -0.480 e. The number of furan rings is 1. The Bertz CT molecular complexity index is 977. The zero-order valence-electron chi connectivity index (χ0n) is 18.0. The summed E-state index contributed by atoms with van der Waals surface area (Å²) in [7, 11) is 1.54. The van der Waals surface area contributed by atoms with Gasteiger partial charge in [0.2, 0.25) is 5.88 Å². The van der Waals surface area contributed by atoms with E-state index >= 15 is 0 Å². The molecular formula is C22H28N6O3. The molecule has 0 spiro atoms. The van der Waals surface area contributed by atoms with Crippen molar-refractivity contribution < 1.29 is 13.9 Å². The van der Waals surface area contributed by atoms with Crippen LogP contribution in [0.4, 0.5) is 0 Å². The van der Waals surface area contributed by atoms with Crippen LogP contribution >= 0.6 is 0 Å². The van der Waals surface area contributed by atoms with Crippen LogP contribution in [0.5, 0.6) is 5.88 Å². The first-order valence-electron chi connectivity index (χ1n) is 10.7. The predicted molar refractivity (Wildman–Crippen MR) is 114 cm³/mol. The fraction of sp³-hybridized carbons (Fsp3) is 0.455. The van der Waals surface area contributed by atoms with Gasteiger partial charge < -0.3 is 14.5 Å². The van der Waals surface area contributed by atoms with Crippen LogP contribution in [0, 0.1) is 0 Å². The van der Waals surface area contributed by atoms with E-state index in [1.54, 1.807) is 29.3 Å². The van der Waals surface area contributed by atoms with Crippen molar-refractivity contribution in [3.8, 4) is 11.7 Å². The van der Waals surface area contributed by atoms with Crippen molar-refractivity contribution in [2.45, 2.75) is 38.6 Å². The number of likely N-dealkylation sites (tertiary alicyclic amines) is 1. The molecule has 0 aromatic carbocycles. The highest BCUT2D eigenvalue weighted by atomic mass is 16.5. The van der Waals surface area contributed by atoms with Gasteiger partial charge in [-0.2, -0.15) is 5.10 Å². The van der Waals surface area contributed by atoms with E-state index in [9.17, 15) is 4.79 Å². The van der Waals surface area contributed by atoms with Crippen LogP contribution in [0.15, 0.2) is 41.1 Å². The number of rotatable bonds is 8. The van der Waals surface area contributed by atoms with E-state index < -0.39 is 0 Å². The van der Waals surface area contributed by atoms with Gasteiger partial charge in [-0.1, -0.05) is 13.3 Å². The molecule has 4 heterocycles. The van der Waals surface area contributed by atoms with E-state index in [0.717, 1.165) is 24.5 Å². The Balaban J connectivity index is 1.50. The number of amides is 1.